The molecule has 4 nitrogen and oxygen atoms in total. The Morgan fingerprint density at radius 2 is 1.95 bits per heavy atom. The second kappa shape index (κ2) is 4.08. The van der Waals surface area contributed by atoms with Crippen molar-refractivity contribution in [1.29, 1.82) is 0 Å². The molecule has 0 saturated carbocycles. The number of carbonyl (C=O) groups excluding carboxylic acids is 2. The van der Waals surface area contributed by atoms with E-state index in [0.717, 1.165) is 5.56 Å². The summed E-state index contributed by atoms with van der Waals surface area (Å²) in [5, 5.41) is 2.76. The molecule has 0 radical (unpaired) electrons. The summed E-state index contributed by atoms with van der Waals surface area (Å²) in [6.45, 7) is 8.92. The molecule has 4 heteroatoms. The minimum atomic E-state index is -1.27. The van der Waals surface area contributed by atoms with Crippen LogP contribution < -0.4 is 5.32 Å². The first-order valence-electron chi connectivity index (χ1n) is 6.30. The molecule has 1 aromatic rings. The molecule has 0 saturated heterocycles. The SMILES string of the molecule is Cc1ccc2c(c1)NC(=O)C2(C)C(=O)OC(C)(C)C. The van der Waals surface area contributed by atoms with Crippen molar-refractivity contribution in [1.82, 2.24) is 0 Å². The van der Waals surface area contributed by atoms with Crippen LogP contribution in [0.15, 0.2) is 18.2 Å². The molecule has 2 rings (SSSR count). The maximum absolute atomic E-state index is 12.4. The van der Waals surface area contributed by atoms with Gasteiger partial charge in [-0.3, -0.25) is 9.59 Å². The van der Waals surface area contributed by atoms with Crippen LogP contribution in [0.2, 0.25) is 0 Å². The Hall–Kier alpha value is -1.84. The van der Waals surface area contributed by atoms with E-state index in [1.807, 2.05) is 25.1 Å². The zero-order chi connectivity index (χ0) is 14.4. The van der Waals surface area contributed by atoms with Crippen LogP contribution in [0.1, 0.15) is 38.8 Å². The van der Waals surface area contributed by atoms with Crippen molar-refractivity contribution in [3.8, 4) is 0 Å². The van der Waals surface area contributed by atoms with Crippen molar-refractivity contribution in [2.45, 2.75) is 45.6 Å². The van der Waals surface area contributed by atoms with E-state index in [1.165, 1.54) is 0 Å². The topological polar surface area (TPSA) is 55.4 Å². The van der Waals surface area contributed by atoms with Crippen molar-refractivity contribution in [2.75, 3.05) is 5.32 Å². The molecule has 1 heterocycles. The average Bonchev–Trinajstić information content (AvgIpc) is 2.49. The number of anilines is 1. The maximum Gasteiger partial charge on any atom is 0.326 e. The smallest absolute Gasteiger partial charge is 0.326 e. The lowest BCUT2D eigenvalue weighted by molar-refractivity contribution is -0.163. The van der Waals surface area contributed by atoms with Crippen LogP contribution in [0.5, 0.6) is 0 Å². The number of benzene rings is 1. The Morgan fingerprint density at radius 3 is 2.53 bits per heavy atom. The van der Waals surface area contributed by atoms with Gasteiger partial charge in [-0.15, -0.1) is 0 Å². The third kappa shape index (κ3) is 2.23. The molecule has 1 atom stereocenters. The number of amides is 1. The van der Waals surface area contributed by atoms with Gasteiger partial charge in [-0.05, 0) is 46.2 Å². The summed E-state index contributed by atoms with van der Waals surface area (Å²) in [4.78, 5) is 24.5. The van der Waals surface area contributed by atoms with Gasteiger partial charge in [0.25, 0.3) is 0 Å². The van der Waals surface area contributed by atoms with Gasteiger partial charge in [0, 0.05) is 11.3 Å². The van der Waals surface area contributed by atoms with Crippen molar-refractivity contribution in [2.24, 2.45) is 0 Å². The van der Waals surface area contributed by atoms with Gasteiger partial charge in [0.05, 0.1) is 0 Å². The van der Waals surface area contributed by atoms with Crippen LogP contribution in [0.25, 0.3) is 0 Å². The molecule has 0 aliphatic carbocycles. The molecule has 102 valence electrons. The molecule has 1 unspecified atom stereocenters. The van der Waals surface area contributed by atoms with Crippen LogP contribution in [0.4, 0.5) is 5.69 Å². The zero-order valence-electron chi connectivity index (χ0n) is 12.0. The fourth-order valence-corrected chi connectivity index (χ4v) is 2.15. The van der Waals surface area contributed by atoms with Crippen LogP contribution in [0.3, 0.4) is 0 Å². The highest BCUT2D eigenvalue weighted by molar-refractivity contribution is 6.19. The van der Waals surface area contributed by atoms with Gasteiger partial charge in [-0.25, -0.2) is 0 Å². The second-order valence-electron chi connectivity index (χ2n) is 6.13. The highest BCUT2D eigenvalue weighted by Crippen LogP contribution is 2.39. The predicted molar refractivity (Wildman–Crippen MR) is 73.0 cm³/mol. The summed E-state index contributed by atoms with van der Waals surface area (Å²) in [5.41, 5.74) is 0.521. The summed E-state index contributed by atoms with van der Waals surface area (Å²) in [5.74, 6) is -0.845. The zero-order valence-corrected chi connectivity index (χ0v) is 12.0. The Labute approximate surface area is 113 Å². The summed E-state index contributed by atoms with van der Waals surface area (Å²) in [6.07, 6.45) is 0. The quantitative estimate of drug-likeness (QED) is 0.624. The Balaban J connectivity index is 2.45. The van der Waals surface area contributed by atoms with Crippen LogP contribution in [-0.4, -0.2) is 17.5 Å². The lowest BCUT2D eigenvalue weighted by Crippen LogP contribution is -2.43. The van der Waals surface area contributed by atoms with Gasteiger partial charge < -0.3 is 10.1 Å². The van der Waals surface area contributed by atoms with E-state index >= 15 is 0 Å². The van der Waals surface area contributed by atoms with E-state index in [4.69, 9.17) is 4.74 Å². The summed E-state index contributed by atoms with van der Waals surface area (Å²) in [7, 11) is 0. The Kier molecular flexibility index (Phi) is 2.92. The van der Waals surface area contributed by atoms with E-state index in [9.17, 15) is 9.59 Å². The first-order valence-corrected chi connectivity index (χ1v) is 6.30. The van der Waals surface area contributed by atoms with Crippen LogP contribution in [-0.2, 0) is 19.7 Å². The highest BCUT2D eigenvalue weighted by Gasteiger charge is 2.51. The van der Waals surface area contributed by atoms with Gasteiger partial charge in [0.1, 0.15) is 5.60 Å². The largest absolute Gasteiger partial charge is 0.459 e. The monoisotopic (exact) mass is 261 g/mol. The first kappa shape index (κ1) is 13.6. The summed E-state index contributed by atoms with van der Waals surface area (Å²) < 4.78 is 5.38. The third-order valence-electron chi connectivity index (χ3n) is 3.22. The van der Waals surface area contributed by atoms with Crippen molar-refractivity contribution >= 4 is 17.6 Å². The van der Waals surface area contributed by atoms with Crippen LogP contribution in [0, 0.1) is 6.92 Å². The molecule has 0 bridgehead atoms. The number of ether oxygens (including phenoxy) is 1. The number of aryl methyl sites for hydroxylation is 1. The molecule has 1 amide bonds. The molecule has 0 spiro atoms. The van der Waals surface area contributed by atoms with E-state index in [1.54, 1.807) is 27.7 Å². The first-order chi connectivity index (χ1) is 8.64. The molecule has 1 aliphatic heterocycles. The minimum Gasteiger partial charge on any atom is -0.459 e. The van der Waals surface area contributed by atoms with Gasteiger partial charge in [0.2, 0.25) is 5.91 Å². The molecule has 1 N–H and O–H groups in total. The number of esters is 1. The van der Waals surface area contributed by atoms with E-state index in [2.05, 4.69) is 5.32 Å². The molecule has 0 aromatic heterocycles. The molecular weight excluding hydrogens is 242 g/mol. The van der Waals surface area contributed by atoms with Gasteiger partial charge in [-0.1, -0.05) is 12.1 Å². The van der Waals surface area contributed by atoms with Gasteiger partial charge >= 0.3 is 5.97 Å². The maximum atomic E-state index is 12.4. The molecule has 19 heavy (non-hydrogen) atoms. The number of nitrogens with one attached hydrogen (secondary N) is 1. The molecule has 1 aromatic carbocycles. The third-order valence-corrected chi connectivity index (χ3v) is 3.22. The fraction of sp³-hybridized carbons (Fsp3) is 0.467. The van der Waals surface area contributed by atoms with Gasteiger partial charge in [-0.2, -0.15) is 0 Å². The molecular formula is C15H19NO3. The lowest BCUT2D eigenvalue weighted by Gasteiger charge is -2.27. The normalized spacial score (nSPS) is 21.8. The fourth-order valence-electron chi connectivity index (χ4n) is 2.15. The van der Waals surface area contributed by atoms with E-state index in [0.29, 0.717) is 11.3 Å². The number of hydrogen-bond acceptors (Lipinski definition) is 3. The number of hydrogen-bond donors (Lipinski definition) is 1. The highest BCUT2D eigenvalue weighted by atomic mass is 16.6. The Morgan fingerprint density at radius 1 is 1.32 bits per heavy atom. The standard InChI is InChI=1S/C15H19NO3/c1-9-6-7-10-11(8-9)16-12(17)15(10,5)13(18)19-14(2,3)4/h6-8H,1-5H3,(H,16,17). The van der Waals surface area contributed by atoms with E-state index in [-0.39, 0.29) is 5.91 Å². The van der Waals surface area contributed by atoms with Crippen LogP contribution >= 0.6 is 0 Å². The molecule has 0 fully saturated rings. The van der Waals surface area contributed by atoms with Crippen molar-refractivity contribution in [3.05, 3.63) is 29.3 Å². The molecule has 1 aliphatic rings. The lowest BCUT2D eigenvalue weighted by atomic mass is 9.83. The van der Waals surface area contributed by atoms with Crippen molar-refractivity contribution < 1.29 is 14.3 Å². The Bertz CT molecular complexity index is 557. The number of fused-ring (bicyclic) bond motifs is 1. The second-order valence-corrected chi connectivity index (χ2v) is 6.13. The number of rotatable bonds is 1. The number of carbonyl (C=O) groups is 2. The van der Waals surface area contributed by atoms with E-state index < -0.39 is 17.0 Å². The van der Waals surface area contributed by atoms with Crippen molar-refractivity contribution in [3.63, 3.8) is 0 Å². The summed E-state index contributed by atoms with van der Waals surface area (Å²) in [6, 6.07) is 5.57. The van der Waals surface area contributed by atoms with Gasteiger partial charge in [0.15, 0.2) is 5.41 Å². The minimum absolute atomic E-state index is 0.331. The predicted octanol–water partition coefficient (Wildman–Crippen LogP) is 2.55. The average molecular weight is 261 g/mol. The summed E-state index contributed by atoms with van der Waals surface area (Å²) >= 11 is 0.